The number of ether oxygens (including phenoxy) is 1. The van der Waals surface area contributed by atoms with E-state index in [0.717, 1.165) is 11.1 Å². The van der Waals surface area contributed by atoms with Gasteiger partial charge in [0.1, 0.15) is 0 Å². The molecule has 0 heterocycles. The second kappa shape index (κ2) is 6.21. The Kier molecular flexibility index (Phi) is 4.11. The van der Waals surface area contributed by atoms with Gasteiger partial charge in [0.2, 0.25) is 0 Å². The van der Waals surface area contributed by atoms with E-state index in [2.05, 4.69) is 0 Å². The summed E-state index contributed by atoms with van der Waals surface area (Å²) in [5, 5.41) is 0. The van der Waals surface area contributed by atoms with E-state index in [4.69, 9.17) is 4.74 Å². The largest absolute Gasteiger partial charge is 0.454 e. The van der Waals surface area contributed by atoms with Crippen LogP contribution in [0.5, 0.6) is 0 Å². The van der Waals surface area contributed by atoms with Crippen LogP contribution in [0.1, 0.15) is 24.5 Å². The van der Waals surface area contributed by atoms with E-state index in [0.29, 0.717) is 6.42 Å². The van der Waals surface area contributed by atoms with Gasteiger partial charge in [-0.15, -0.1) is 0 Å². The highest BCUT2D eigenvalue weighted by Gasteiger charge is 2.40. The van der Waals surface area contributed by atoms with Crippen LogP contribution < -0.4 is 0 Å². The predicted molar refractivity (Wildman–Crippen MR) is 88.0 cm³/mol. The van der Waals surface area contributed by atoms with E-state index in [-0.39, 0.29) is 5.78 Å². The monoisotopic (exact) mass is 306 g/mol. The van der Waals surface area contributed by atoms with Crippen LogP contribution in [-0.2, 0) is 19.7 Å². The molecule has 116 valence electrons. The molecule has 0 radical (unpaired) electrons. The molecule has 0 bridgehead atoms. The fourth-order valence-electron chi connectivity index (χ4n) is 3.16. The highest BCUT2D eigenvalue weighted by atomic mass is 16.5. The van der Waals surface area contributed by atoms with E-state index >= 15 is 0 Å². The third-order valence-corrected chi connectivity index (χ3v) is 4.24. The molecule has 0 spiro atoms. The van der Waals surface area contributed by atoms with Crippen LogP contribution in [0.15, 0.2) is 72.8 Å². The third kappa shape index (κ3) is 2.95. The molecule has 2 aromatic carbocycles. The van der Waals surface area contributed by atoms with E-state index in [1.165, 1.54) is 13.0 Å². The summed E-state index contributed by atoms with van der Waals surface area (Å²) in [4.78, 5) is 23.5. The average Bonchev–Trinajstić information content (AvgIpc) is 2.58. The van der Waals surface area contributed by atoms with Gasteiger partial charge < -0.3 is 4.74 Å². The van der Waals surface area contributed by atoms with Crippen molar-refractivity contribution in [1.82, 2.24) is 0 Å². The van der Waals surface area contributed by atoms with Gasteiger partial charge in [-0.3, -0.25) is 9.59 Å². The summed E-state index contributed by atoms with van der Waals surface area (Å²) in [7, 11) is 0. The predicted octanol–water partition coefficient (Wildman–Crippen LogP) is 3.43. The first-order valence-corrected chi connectivity index (χ1v) is 7.63. The van der Waals surface area contributed by atoms with Crippen LogP contribution in [0.25, 0.3) is 0 Å². The lowest BCUT2D eigenvalue weighted by molar-refractivity contribution is -0.152. The lowest BCUT2D eigenvalue weighted by atomic mass is 9.68. The summed E-state index contributed by atoms with van der Waals surface area (Å²) in [6.45, 7) is 1.33. The first-order chi connectivity index (χ1) is 11.1. The normalized spacial score (nSPS) is 19.3. The number of benzene rings is 2. The minimum Gasteiger partial charge on any atom is -0.454 e. The van der Waals surface area contributed by atoms with E-state index in [1.807, 2.05) is 66.7 Å². The molecule has 0 aliphatic heterocycles. The summed E-state index contributed by atoms with van der Waals surface area (Å²) in [5.74, 6) is -0.601. The fraction of sp³-hybridized carbons (Fsp3) is 0.200. The first-order valence-electron chi connectivity index (χ1n) is 7.63. The van der Waals surface area contributed by atoms with Gasteiger partial charge in [-0.2, -0.15) is 0 Å². The molecule has 1 aliphatic carbocycles. The van der Waals surface area contributed by atoms with Crippen molar-refractivity contribution in [2.24, 2.45) is 0 Å². The van der Waals surface area contributed by atoms with Gasteiger partial charge in [0, 0.05) is 18.8 Å². The number of hydrogen-bond acceptors (Lipinski definition) is 3. The van der Waals surface area contributed by atoms with Gasteiger partial charge in [-0.1, -0.05) is 66.7 Å². The van der Waals surface area contributed by atoms with E-state index in [1.54, 1.807) is 0 Å². The molecule has 0 saturated heterocycles. The Morgan fingerprint density at radius 1 is 1.00 bits per heavy atom. The summed E-state index contributed by atoms with van der Waals surface area (Å²) in [6, 6.07) is 20.0. The molecule has 3 heteroatoms. The lowest BCUT2D eigenvalue weighted by Gasteiger charge is -2.37. The Labute approximate surface area is 135 Å². The number of rotatable bonds is 3. The standard InChI is InChI=1S/C20H18O3/c1-15(21)23-19-14-20(13-12-18(19)22,16-8-4-2-5-9-16)17-10-6-3-7-11-17/h2-13,19H,14H2,1H3. The highest BCUT2D eigenvalue weighted by Crippen LogP contribution is 2.41. The molecular weight excluding hydrogens is 288 g/mol. The third-order valence-electron chi connectivity index (χ3n) is 4.24. The molecule has 3 nitrogen and oxygen atoms in total. The Morgan fingerprint density at radius 3 is 2.00 bits per heavy atom. The molecule has 1 aliphatic rings. The van der Waals surface area contributed by atoms with Crippen molar-refractivity contribution in [2.45, 2.75) is 24.9 Å². The van der Waals surface area contributed by atoms with Gasteiger partial charge in [0.25, 0.3) is 0 Å². The minimum atomic E-state index is -0.752. The zero-order chi connectivity index (χ0) is 16.3. The van der Waals surface area contributed by atoms with Crippen LogP contribution in [-0.4, -0.2) is 17.9 Å². The molecule has 0 amide bonds. The fourth-order valence-corrected chi connectivity index (χ4v) is 3.16. The van der Waals surface area contributed by atoms with Gasteiger partial charge in [-0.25, -0.2) is 0 Å². The number of carbonyl (C=O) groups is 2. The van der Waals surface area contributed by atoms with Crippen molar-refractivity contribution in [3.05, 3.63) is 83.9 Å². The molecule has 0 saturated carbocycles. The Balaban J connectivity index is 2.12. The summed E-state index contributed by atoms with van der Waals surface area (Å²) < 4.78 is 5.26. The van der Waals surface area contributed by atoms with Crippen LogP contribution in [0.3, 0.4) is 0 Å². The lowest BCUT2D eigenvalue weighted by Crippen LogP contribution is -2.39. The van der Waals surface area contributed by atoms with Crippen molar-refractivity contribution in [2.75, 3.05) is 0 Å². The average molecular weight is 306 g/mol. The number of ketones is 1. The minimum absolute atomic E-state index is 0.164. The van der Waals surface area contributed by atoms with Crippen LogP contribution >= 0.6 is 0 Å². The maximum Gasteiger partial charge on any atom is 0.303 e. The Morgan fingerprint density at radius 2 is 1.52 bits per heavy atom. The second-order valence-electron chi connectivity index (χ2n) is 5.74. The Hall–Kier alpha value is -2.68. The molecule has 0 N–H and O–H groups in total. The quantitative estimate of drug-likeness (QED) is 0.816. The highest BCUT2D eigenvalue weighted by molar-refractivity contribution is 5.96. The molecule has 1 unspecified atom stereocenters. The van der Waals surface area contributed by atoms with Crippen LogP contribution in [0.2, 0.25) is 0 Å². The van der Waals surface area contributed by atoms with Crippen molar-refractivity contribution in [1.29, 1.82) is 0 Å². The van der Waals surface area contributed by atoms with Gasteiger partial charge in [0.05, 0.1) is 0 Å². The smallest absolute Gasteiger partial charge is 0.303 e. The van der Waals surface area contributed by atoms with E-state index < -0.39 is 17.5 Å². The Bertz CT molecular complexity index is 692. The van der Waals surface area contributed by atoms with Gasteiger partial charge in [0.15, 0.2) is 11.9 Å². The number of carbonyl (C=O) groups excluding carboxylic acids is 2. The van der Waals surface area contributed by atoms with Crippen molar-refractivity contribution >= 4 is 11.8 Å². The van der Waals surface area contributed by atoms with Gasteiger partial charge in [-0.05, 0) is 17.2 Å². The first kappa shape index (κ1) is 15.2. The summed E-state index contributed by atoms with van der Waals surface area (Å²) in [6.07, 6.45) is 3.13. The number of allylic oxidation sites excluding steroid dienone is 1. The van der Waals surface area contributed by atoms with Crippen molar-refractivity contribution in [3.63, 3.8) is 0 Å². The topological polar surface area (TPSA) is 43.4 Å². The number of esters is 1. The second-order valence-corrected chi connectivity index (χ2v) is 5.74. The molecule has 23 heavy (non-hydrogen) atoms. The molecule has 3 rings (SSSR count). The maximum atomic E-state index is 12.1. The van der Waals surface area contributed by atoms with Crippen LogP contribution in [0.4, 0.5) is 0 Å². The SMILES string of the molecule is CC(=O)OC1CC(c2ccccc2)(c2ccccc2)C=CC1=O. The van der Waals surface area contributed by atoms with Crippen LogP contribution in [0, 0.1) is 0 Å². The summed E-state index contributed by atoms with van der Waals surface area (Å²) in [5.41, 5.74) is 1.68. The van der Waals surface area contributed by atoms with E-state index in [9.17, 15) is 9.59 Å². The van der Waals surface area contributed by atoms with Crippen molar-refractivity contribution < 1.29 is 14.3 Å². The molecule has 0 fully saturated rings. The zero-order valence-corrected chi connectivity index (χ0v) is 12.9. The van der Waals surface area contributed by atoms with Gasteiger partial charge >= 0.3 is 5.97 Å². The molecule has 1 atom stereocenters. The molecule has 2 aromatic rings. The zero-order valence-electron chi connectivity index (χ0n) is 12.9. The number of hydrogen-bond donors (Lipinski definition) is 0. The summed E-state index contributed by atoms with van der Waals surface area (Å²) >= 11 is 0. The molecular formula is C20H18O3. The maximum absolute atomic E-state index is 12.1. The van der Waals surface area contributed by atoms with Crippen molar-refractivity contribution in [3.8, 4) is 0 Å². The molecule has 0 aromatic heterocycles.